The Morgan fingerprint density at radius 1 is 1.20 bits per heavy atom. The van der Waals surface area contributed by atoms with Crippen LogP contribution in [0.15, 0.2) is 0 Å². The topological polar surface area (TPSA) is 50.8 Å². The number of rotatable bonds is 10. The Kier molecular flexibility index (Phi) is 7.48. The van der Waals surface area contributed by atoms with Crippen molar-refractivity contribution in [3.63, 3.8) is 0 Å². The van der Waals surface area contributed by atoms with E-state index < -0.39 is 5.54 Å². The van der Waals surface area contributed by atoms with E-state index in [-0.39, 0.29) is 12.1 Å². The van der Waals surface area contributed by atoms with Crippen molar-refractivity contribution in [1.29, 1.82) is 0 Å². The van der Waals surface area contributed by atoms with Gasteiger partial charge in [-0.1, -0.05) is 13.8 Å². The quantitative estimate of drug-likeness (QED) is 0.616. The van der Waals surface area contributed by atoms with Gasteiger partial charge in [-0.05, 0) is 26.9 Å². The second-order valence-electron chi connectivity index (χ2n) is 5.24. The molecule has 0 aromatic heterocycles. The van der Waals surface area contributed by atoms with E-state index in [1.54, 1.807) is 0 Å². The summed E-state index contributed by atoms with van der Waals surface area (Å²) in [5.74, 6) is -0.129. The molecule has 0 aliphatic heterocycles. The molecule has 0 bridgehead atoms. The van der Waals surface area contributed by atoms with E-state index in [9.17, 15) is 4.79 Å². The first-order valence-corrected chi connectivity index (χ1v) is 7.88. The molecule has 20 heavy (non-hydrogen) atoms. The van der Waals surface area contributed by atoms with Gasteiger partial charge in [-0.2, -0.15) is 0 Å². The standard InChI is InChI=1S/C15H30N2O3/c1-5-17(6-2)10-9-16-15(14(18)20-8-4)11-13(12-15)19-7-3/h13,16H,5-12H2,1-4H3. The average molecular weight is 286 g/mol. The van der Waals surface area contributed by atoms with E-state index in [0.717, 1.165) is 39.0 Å². The van der Waals surface area contributed by atoms with Crippen LogP contribution < -0.4 is 5.32 Å². The van der Waals surface area contributed by atoms with Crippen LogP contribution in [-0.2, 0) is 14.3 Å². The Morgan fingerprint density at radius 2 is 1.85 bits per heavy atom. The summed E-state index contributed by atoms with van der Waals surface area (Å²) in [4.78, 5) is 14.5. The minimum absolute atomic E-state index is 0.129. The zero-order valence-corrected chi connectivity index (χ0v) is 13.4. The van der Waals surface area contributed by atoms with Crippen LogP contribution in [-0.4, -0.2) is 61.9 Å². The van der Waals surface area contributed by atoms with Gasteiger partial charge in [0.05, 0.1) is 12.7 Å². The van der Waals surface area contributed by atoms with E-state index in [2.05, 4.69) is 24.1 Å². The van der Waals surface area contributed by atoms with E-state index in [0.29, 0.717) is 13.2 Å². The van der Waals surface area contributed by atoms with Gasteiger partial charge >= 0.3 is 5.97 Å². The summed E-state index contributed by atoms with van der Waals surface area (Å²) < 4.78 is 10.8. The molecular weight excluding hydrogens is 256 g/mol. The lowest BCUT2D eigenvalue weighted by molar-refractivity contribution is -0.164. The predicted octanol–water partition coefficient (Wildman–Crippen LogP) is 1.42. The van der Waals surface area contributed by atoms with E-state index in [4.69, 9.17) is 9.47 Å². The summed E-state index contributed by atoms with van der Waals surface area (Å²) in [7, 11) is 0. The van der Waals surface area contributed by atoms with Gasteiger partial charge in [0.15, 0.2) is 0 Å². The van der Waals surface area contributed by atoms with Gasteiger partial charge in [0, 0.05) is 32.5 Å². The maximum Gasteiger partial charge on any atom is 0.326 e. The molecule has 118 valence electrons. The fraction of sp³-hybridized carbons (Fsp3) is 0.933. The maximum atomic E-state index is 12.2. The number of nitrogens with one attached hydrogen (secondary N) is 1. The largest absolute Gasteiger partial charge is 0.465 e. The molecule has 0 aromatic carbocycles. The number of esters is 1. The minimum atomic E-state index is -0.525. The fourth-order valence-electron chi connectivity index (χ4n) is 2.72. The Labute approximate surface area is 123 Å². The first-order chi connectivity index (χ1) is 9.61. The summed E-state index contributed by atoms with van der Waals surface area (Å²) in [6.45, 7) is 13.1. The van der Waals surface area contributed by atoms with Gasteiger partial charge < -0.3 is 19.7 Å². The SMILES string of the molecule is CCOC(=O)C1(NCCN(CC)CC)CC(OCC)C1. The van der Waals surface area contributed by atoms with E-state index in [1.807, 2.05) is 13.8 Å². The molecule has 0 amide bonds. The summed E-state index contributed by atoms with van der Waals surface area (Å²) in [5.41, 5.74) is -0.525. The maximum absolute atomic E-state index is 12.2. The molecule has 0 heterocycles. The molecule has 5 nitrogen and oxygen atoms in total. The normalized spacial score (nSPS) is 25.6. The van der Waals surface area contributed by atoms with Gasteiger partial charge in [0.2, 0.25) is 0 Å². The van der Waals surface area contributed by atoms with Crippen molar-refractivity contribution >= 4 is 5.97 Å². The van der Waals surface area contributed by atoms with Crippen LogP contribution in [0.5, 0.6) is 0 Å². The zero-order chi connectivity index (χ0) is 15.0. The summed E-state index contributed by atoms with van der Waals surface area (Å²) in [6.07, 6.45) is 1.63. The highest BCUT2D eigenvalue weighted by Crippen LogP contribution is 2.35. The van der Waals surface area contributed by atoms with Crippen LogP contribution in [0, 0.1) is 0 Å². The molecule has 1 fully saturated rings. The van der Waals surface area contributed by atoms with Gasteiger partial charge in [-0.15, -0.1) is 0 Å². The highest BCUT2D eigenvalue weighted by molar-refractivity contribution is 5.82. The van der Waals surface area contributed by atoms with Crippen LogP contribution in [0.2, 0.25) is 0 Å². The smallest absolute Gasteiger partial charge is 0.326 e. The molecule has 5 heteroatoms. The Bertz CT molecular complexity index is 287. The molecule has 1 aliphatic carbocycles. The van der Waals surface area contributed by atoms with Crippen molar-refractivity contribution < 1.29 is 14.3 Å². The molecule has 0 atom stereocenters. The molecule has 0 unspecified atom stereocenters. The molecule has 0 saturated heterocycles. The van der Waals surface area contributed by atoms with Crippen molar-refractivity contribution in [1.82, 2.24) is 10.2 Å². The van der Waals surface area contributed by atoms with Crippen LogP contribution in [0.3, 0.4) is 0 Å². The lowest BCUT2D eigenvalue weighted by Crippen LogP contribution is -2.64. The summed E-state index contributed by atoms with van der Waals surface area (Å²) in [5, 5.41) is 3.41. The van der Waals surface area contributed by atoms with Crippen LogP contribution in [0.4, 0.5) is 0 Å². The predicted molar refractivity (Wildman–Crippen MR) is 79.8 cm³/mol. The van der Waals surface area contributed by atoms with Crippen molar-refractivity contribution in [3.8, 4) is 0 Å². The first kappa shape index (κ1) is 17.4. The second-order valence-corrected chi connectivity index (χ2v) is 5.24. The number of nitrogens with zero attached hydrogens (tertiary/aromatic N) is 1. The van der Waals surface area contributed by atoms with Crippen LogP contribution in [0.25, 0.3) is 0 Å². The number of carbonyl (C=O) groups is 1. The van der Waals surface area contributed by atoms with Gasteiger partial charge in [0.1, 0.15) is 5.54 Å². The monoisotopic (exact) mass is 286 g/mol. The Morgan fingerprint density at radius 3 is 2.35 bits per heavy atom. The Hall–Kier alpha value is -0.650. The third-order valence-corrected chi connectivity index (χ3v) is 4.01. The number of likely N-dealkylation sites (N-methyl/N-ethyl adjacent to an activating group) is 1. The number of hydrogen-bond acceptors (Lipinski definition) is 5. The van der Waals surface area contributed by atoms with E-state index in [1.165, 1.54) is 0 Å². The number of carbonyl (C=O) groups excluding carboxylic acids is 1. The molecule has 0 spiro atoms. The van der Waals surface area contributed by atoms with Gasteiger partial charge in [0.25, 0.3) is 0 Å². The van der Waals surface area contributed by atoms with Crippen molar-refractivity contribution in [2.24, 2.45) is 0 Å². The van der Waals surface area contributed by atoms with Crippen LogP contribution >= 0.6 is 0 Å². The molecular formula is C15H30N2O3. The lowest BCUT2D eigenvalue weighted by Gasteiger charge is -2.45. The third kappa shape index (κ3) is 4.43. The fourth-order valence-corrected chi connectivity index (χ4v) is 2.72. The average Bonchev–Trinajstić information content (AvgIpc) is 2.40. The van der Waals surface area contributed by atoms with E-state index >= 15 is 0 Å². The molecule has 0 radical (unpaired) electrons. The molecule has 0 aromatic rings. The highest BCUT2D eigenvalue weighted by Gasteiger charge is 2.51. The lowest BCUT2D eigenvalue weighted by atomic mass is 9.74. The number of ether oxygens (including phenoxy) is 2. The first-order valence-electron chi connectivity index (χ1n) is 7.88. The molecule has 1 rings (SSSR count). The summed E-state index contributed by atoms with van der Waals surface area (Å²) >= 11 is 0. The van der Waals surface area contributed by atoms with Crippen molar-refractivity contribution in [2.45, 2.75) is 52.2 Å². The highest BCUT2D eigenvalue weighted by atomic mass is 16.5. The Balaban J connectivity index is 2.46. The van der Waals surface area contributed by atoms with Crippen molar-refractivity contribution in [2.75, 3.05) is 39.4 Å². The molecule has 1 aliphatic rings. The van der Waals surface area contributed by atoms with Gasteiger partial charge in [-0.25, -0.2) is 0 Å². The van der Waals surface area contributed by atoms with Gasteiger partial charge in [-0.3, -0.25) is 4.79 Å². The second kappa shape index (κ2) is 8.60. The molecule has 1 N–H and O–H groups in total. The molecule has 1 saturated carbocycles. The summed E-state index contributed by atoms with van der Waals surface area (Å²) in [6, 6.07) is 0. The van der Waals surface area contributed by atoms with Crippen molar-refractivity contribution in [3.05, 3.63) is 0 Å². The third-order valence-electron chi connectivity index (χ3n) is 4.01. The number of hydrogen-bond donors (Lipinski definition) is 1. The zero-order valence-electron chi connectivity index (χ0n) is 13.4. The minimum Gasteiger partial charge on any atom is -0.465 e. The van der Waals surface area contributed by atoms with Crippen LogP contribution in [0.1, 0.15) is 40.5 Å².